The van der Waals surface area contributed by atoms with Gasteiger partial charge >= 0.3 is 0 Å². The molecule has 0 unspecified atom stereocenters. The van der Waals surface area contributed by atoms with E-state index in [0.717, 1.165) is 5.56 Å². The number of carbonyl (C=O) groups is 1. The van der Waals surface area contributed by atoms with Gasteiger partial charge in [0.1, 0.15) is 11.5 Å². The van der Waals surface area contributed by atoms with Gasteiger partial charge in [-0.3, -0.25) is 4.79 Å². The second-order valence-electron chi connectivity index (χ2n) is 7.48. The number of aryl methyl sites for hydroxylation is 1. The Kier molecular flexibility index (Phi) is 6.24. The minimum atomic E-state index is -3.15. The number of hydrogen-bond acceptors (Lipinski definition) is 6. The molecule has 2 aromatic rings. The van der Waals surface area contributed by atoms with Gasteiger partial charge in [-0.15, -0.1) is 0 Å². The van der Waals surface area contributed by atoms with Gasteiger partial charge in [0.2, 0.25) is 5.91 Å². The molecule has 2 aliphatic rings. The number of thioether (sulfide) groups is 1. The third-order valence-corrected chi connectivity index (χ3v) is 8.61. The molecule has 0 aliphatic carbocycles. The maximum Gasteiger partial charge on any atom is 0.248 e. The van der Waals surface area contributed by atoms with E-state index in [1.54, 1.807) is 32.4 Å². The number of fused-ring (bicyclic) bond motifs is 1. The van der Waals surface area contributed by atoms with E-state index in [9.17, 15) is 13.2 Å². The van der Waals surface area contributed by atoms with E-state index in [4.69, 9.17) is 9.47 Å². The molecule has 1 amide bonds. The third kappa shape index (κ3) is 4.72. The Morgan fingerprint density at radius 3 is 2.61 bits per heavy atom. The van der Waals surface area contributed by atoms with Crippen LogP contribution in [0.5, 0.6) is 11.5 Å². The highest BCUT2D eigenvalue weighted by Gasteiger charge is 2.50. The molecule has 164 valence electrons. The second-order valence-corrected chi connectivity index (χ2v) is 10.8. The van der Waals surface area contributed by atoms with Crippen LogP contribution in [-0.2, 0) is 21.1 Å². The van der Waals surface area contributed by atoms with E-state index in [1.165, 1.54) is 11.8 Å². The van der Waals surface area contributed by atoms with Crippen molar-refractivity contribution in [3.05, 3.63) is 54.1 Å². The maximum absolute atomic E-state index is 12.7. The van der Waals surface area contributed by atoms with Crippen LogP contribution in [0.1, 0.15) is 12.0 Å². The van der Waals surface area contributed by atoms with Crippen molar-refractivity contribution in [2.45, 2.75) is 24.1 Å². The molecule has 7 nitrogen and oxygen atoms in total. The number of sulfone groups is 1. The van der Waals surface area contributed by atoms with E-state index in [0.29, 0.717) is 28.8 Å². The SMILES string of the molecule is COc1ccc(OC)c(N2C(=NC(=O)CCc3ccccc3)S[C@@H]3CS(=O)(=O)C[C@@H]32)c1. The van der Waals surface area contributed by atoms with Crippen LogP contribution < -0.4 is 14.4 Å². The molecule has 0 saturated carbocycles. The molecule has 4 rings (SSSR count). The molecule has 0 radical (unpaired) electrons. The van der Waals surface area contributed by atoms with E-state index < -0.39 is 9.84 Å². The number of methoxy groups -OCH3 is 2. The molecule has 2 saturated heterocycles. The molecule has 2 atom stereocenters. The highest BCUT2D eigenvalue weighted by atomic mass is 32.2. The van der Waals surface area contributed by atoms with Crippen molar-refractivity contribution in [1.29, 1.82) is 0 Å². The first-order valence-electron chi connectivity index (χ1n) is 9.94. The summed E-state index contributed by atoms with van der Waals surface area (Å²) in [6, 6.07) is 14.8. The van der Waals surface area contributed by atoms with Gasteiger partial charge < -0.3 is 14.4 Å². The highest BCUT2D eigenvalue weighted by Crippen LogP contribution is 2.45. The Balaban J connectivity index is 1.65. The number of anilines is 1. The normalized spacial score (nSPS) is 23.0. The van der Waals surface area contributed by atoms with Gasteiger partial charge in [0.25, 0.3) is 0 Å². The van der Waals surface area contributed by atoms with Gasteiger partial charge in [-0.05, 0) is 24.1 Å². The minimum Gasteiger partial charge on any atom is -0.497 e. The highest BCUT2D eigenvalue weighted by molar-refractivity contribution is 8.16. The Morgan fingerprint density at radius 1 is 1.13 bits per heavy atom. The zero-order chi connectivity index (χ0) is 22.0. The predicted octanol–water partition coefficient (Wildman–Crippen LogP) is 2.94. The molecule has 2 heterocycles. The van der Waals surface area contributed by atoms with Crippen LogP contribution in [0.4, 0.5) is 5.69 Å². The molecular formula is C22H24N2O5S2. The summed E-state index contributed by atoms with van der Waals surface area (Å²) in [5, 5.41) is 0.330. The lowest BCUT2D eigenvalue weighted by Crippen LogP contribution is -2.38. The van der Waals surface area contributed by atoms with Crippen molar-refractivity contribution in [1.82, 2.24) is 0 Å². The Labute approximate surface area is 186 Å². The molecule has 9 heteroatoms. The van der Waals surface area contributed by atoms with E-state index in [1.807, 2.05) is 35.2 Å². The van der Waals surface area contributed by atoms with Gasteiger partial charge in [0.15, 0.2) is 15.0 Å². The lowest BCUT2D eigenvalue weighted by atomic mass is 10.1. The van der Waals surface area contributed by atoms with Crippen LogP contribution >= 0.6 is 11.8 Å². The second kappa shape index (κ2) is 8.92. The number of carbonyl (C=O) groups excluding carboxylic acids is 1. The Morgan fingerprint density at radius 2 is 1.90 bits per heavy atom. The molecular weight excluding hydrogens is 436 g/mol. The molecule has 2 aromatic carbocycles. The number of hydrogen-bond donors (Lipinski definition) is 0. The fraction of sp³-hybridized carbons (Fsp3) is 0.364. The molecule has 0 bridgehead atoms. The largest absolute Gasteiger partial charge is 0.497 e. The summed E-state index contributed by atoms with van der Waals surface area (Å²) >= 11 is 1.35. The summed E-state index contributed by atoms with van der Waals surface area (Å²) < 4.78 is 35.4. The summed E-state index contributed by atoms with van der Waals surface area (Å²) in [4.78, 5) is 18.9. The van der Waals surface area contributed by atoms with Crippen LogP contribution in [0.15, 0.2) is 53.5 Å². The van der Waals surface area contributed by atoms with Crippen molar-refractivity contribution in [3.8, 4) is 11.5 Å². The number of nitrogens with zero attached hydrogens (tertiary/aromatic N) is 2. The van der Waals surface area contributed by atoms with Crippen molar-refractivity contribution in [2.24, 2.45) is 4.99 Å². The van der Waals surface area contributed by atoms with Crippen molar-refractivity contribution < 1.29 is 22.7 Å². The quantitative estimate of drug-likeness (QED) is 0.655. The summed E-state index contributed by atoms with van der Waals surface area (Å²) in [7, 11) is -0.0348. The van der Waals surface area contributed by atoms with E-state index in [-0.39, 0.29) is 35.1 Å². The molecule has 0 N–H and O–H groups in total. The van der Waals surface area contributed by atoms with Crippen LogP contribution in [-0.4, -0.2) is 56.5 Å². The van der Waals surface area contributed by atoms with Crippen LogP contribution in [0.2, 0.25) is 0 Å². The number of ether oxygens (including phenoxy) is 2. The monoisotopic (exact) mass is 460 g/mol. The maximum atomic E-state index is 12.7. The van der Waals surface area contributed by atoms with E-state index >= 15 is 0 Å². The zero-order valence-electron chi connectivity index (χ0n) is 17.4. The number of benzene rings is 2. The van der Waals surface area contributed by atoms with Crippen LogP contribution in [0, 0.1) is 0 Å². The number of aliphatic imine (C=N–C) groups is 1. The van der Waals surface area contributed by atoms with Gasteiger partial charge in [0, 0.05) is 17.7 Å². The van der Waals surface area contributed by atoms with E-state index in [2.05, 4.69) is 4.99 Å². The molecule has 0 aromatic heterocycles. The molecule has 31 heavy (non-hydrogen) atoms. The minimum absolute atomic E-state index is 0.0161. The van der Waals surface area contributed by atoms with Gasteiger partial charge in [-0.1, -0.05) is 42.1 Å². The predicted molar refractivity (Wildman–Crippen MR) is 123 cm³/mol. The van der Waals surface area contributed by atoms with Crippen molar-refractivity contribution in [3.63, 3.8) is 0 Å². The standard InChI is InChI=1S/C22H24N2O5S2/c1-28-16-9-10-19(29-2)17(12-16)24-18-13-31(26,27)14-20(18)30-22(24)23-21(25)11-8-15-6-4-3-5-7-15/h3-7,9-10,12,18,20H,8,11,13-14H2,1-2H3/t18-,20+/m0/s1. The summed E-state index contributed by atoms with van der Waals surface area (Å²) in [6.45, 7) is 0. The molecule has 0 spiro atoms. The lowest BCUT2D eigenvalue weighted by Gasteiger charge is -2.26. The fourth-order valence-electron chi connectivity index (χ4n) is 3.89. The Hall–Kier alpha value is -2.52. The summed E-state index contributed by atoms with van der Waals surface area (Å²) in [5.41, 5.74) is 1.72. The number of rotatable bonds is 6. The van der Waals surface area contributed by atoms with Crippen LogP contribution in [0.3, 0.4) is 0 Å². The lowest BCUT2D eigenvalue weighted by molar-refractivity contribution is -0.117. The average molecular weight is 461 g/mol. The molecule has 2 fully saturated rings. The summed E-state index contributed by atoms with van der Waals surface area (Å²) in [5.74, 6) is 1.03. The third-order valence-electron chi connectivity index (χ3n) is 5.40. The van der Waals surface area contributed by atoms with Gasteiger partial charge in [-0.2, -0.15) is 4.99 Å². The summed E-state index contributed by atoms with van der Waals surface area (Å²) in [6.07, 6.45) is 0.885. The Bertz CT molecular complexity index is 1100. The fourth-order valence-corrected chi connectivity index (χ4v) is 7.81. The first-order chi connectivity index (χ1) is 14.9. The van der Waals surface area contributed by atoms with Crippen molar-refractivity contribution in [2.75, 3.05) is 30.6 Å². The average Bonchev–Trinajstić information content (AvgIpc) is 3.23. The van der Waals surface area contributed by atoms with Gasteiger partial charge in [0.05, 0.1) is 37.5 Å². The van der Waals surface area contributed by atoms with Crippen molar-refractivity contribution >= 4 is 38.4 Å². The smallest absolute Gasteiger partial charge is 0.248 e. The number of amides is 1. The van der Waals surface area contributed by atoms with Gasteiger partial charge in [-0.25, -0.2) is 8.42 Å². The topological polar surface area (TPSA) is 85.3 Å². The first kappa shape index (κ1) is 21.7. The van der Waals surface area contributed by atoms with Crippen LogP contribution in [0.25, 0.3) is 0 Å². The number of amidine groups is 1. The molecule has 2 aliphatic heterocycles. The first-order valence-corrected chi connectivity index (χ1v) is 12.6. The zero-order valence-corrected chi connectivity index (χ0v) is 19.0.